The maximum Gasteiger partial charge on any atom is 0.237 e. The van der Waals surface area contributed by atoms with E-state index in [9.17, 15) is 4.79 Å². The van der Waals surface area contributed by atoms with E-state index < -0.39 is 6.04 Å². The summed E-state index contributed by atoms with van der Waals surface area (Å²) in [6, 6.07) is -0.484. The van der Waals surface area contributed by atoms with Crippen LogP contribution >= 0.6 is 0 Å². The Bertz CT molecular complexity index is 187. The second-order valence-corrected chi connectivity index (χ2v) is 2.80. The molecule has 0 aromatic carbocycles. The summed E-state index contributed by atoms with van der Waals surface area (Å²) in [6.07, 6.45) is 2.15. The van der Waals surface area contributed by atoms with Gasteiger partial charge in [0.1, 0.15) is 0 Å². The Morgan fingerprint density at radius 3 is 2.75 bits per heavy atom. The van der Waals surface area contributed by atoms with Gasteiger partial charge in [-0.3, -0.25) is 4.79 Å². The fraction of sp³-hybridized carbons (Fsp3) is 0.444. The Balaban J connectivity index is 3.76. The van der Waals surface area contributed by atoms with E-state index in [4.69, 9.17) is 5.73 Å². The predicted octanol–water partition coefficient (Wildman–Crippen LogP) is 0.582. The lowest BCUT2D eigenvalue weighted by Gasteiger charge is -2.10. The van der Waals surface area contributed by atoms with Crippen molar-refractivity contribution in [3.05, 3.63) is 24.8 Å². The summed E-state index contributed by atoms with van der Waals surface area (Å²) in [5.41, 5.74) is 6.46. The summed E-state index contributed by atoms with van der Waals surface area (Å²) in [5.74, 6) is -0.155. The molecule has 0 spiro atoms. The second-order valence-electron chi connectivity index (χ2n) is 2.80. The molecule has 0 aliphatic heterocycles. The highest BCUT2D eigenvalue weighted by molar-refractivity contribution is 5.81. The van der Waals surface area contributed by atoms with Gasteiger partial charge in [0, 0.05) is 6.54 Å². The Labute approximate surface area is 73.3 Å². The number of amides is 1. The van der Waals surface area contributed by atoms with Crippen LogP contribution in [0.4, 0.5) is 0 Å². The van der Waals surface area contributed by atoms with Crippen molar-refractivity contribution < 1.29 is 4.79 Å². The van der Waals surface area contributed by atoms with Gasteiger partial charge in [0.2, 0.25) is 5.91 Å². The van der Waals surface area contributed by atoms with Crippen molar-refractivity contribution in [1.82, 2.24) is 5.32 Å². The topological polar surface area (TPSA) is 55.1 Å². The molecule has 3 N–H and O–H groups in total. The minimum Gasteiger partial charge on any atom is -0.351 e. The Morgan fingerprint density at radius 1 is 1.75 bits per heavy atom. The molecular weight excluding hydrogens is 152 g/mol. The van der Waals surface area contributed by atoms with Gasteiger partial charge in [0.15, 0.2) is 0 Å². The van der Waals surface area contributed by atoms with Crippen molar-refractivity contribution >= 4 is 5.91 Å². The molecule has 0 bridgehead atoms. The smallest absolute Gasteiger partial charge is 0.237 e. The molecule has 0 radical (unpaired) electrons. The van der Waals surface area contributed by atoms with E-state index in [1.165, 1.54) is 0 Å². The van der Waals surface area contributed by atoms with E-state index in [-0.39, 0.29) is 5.91 Å². The summed E-state index contributed by atoms with van der Waals surface area (Å²) in [7, 11) is 0. The van der Waals surface area contributed by atoms with E-state index in [2.05, 4.69) is 18.5 Å². The fourth-order valence-electron chi connectivity index (χ4n) is 0.772. The first-order valence-electron chi connectivity index (χ1n) is 3.86. The Morgan fingerprint density at radius 2 is 2.33 bits per heavy atom. The minimum atomic E-state index is -0.484. The lowest BCUT2D eigenvalue weighted by Crippen LogP contribution is -2.40. The molecule has 0 aliphatic rings. The van der Waals surface area contributed by atoms with Gasteiger partial charge in [-0.25, -0.2) is 0 Å². The number of nitrogens with two attached hydrogens (primary N) is 1. The van der Waals surface area contributed by atoms with Crippen LogP contribution in [0.25, 0.3) is 0 Å². The van der Waals surface area contributed by atoms with Crippen LogP contribution in [0, 0.1) is 0 Å². The Kier molecular flexibility index (Phi) is 5.04. The van der Waals surface area contributed by atoms with E-state index >= 15 is 0 Å². The molecule has 0 saturated carbocycles. The normalized spacial score (nSPS) is 11.8. The quantitative estimate of drug-likeness (QED) is 0.590. The largest absolute Gasteiger partial charge is 0.351 e. The summed E-state index contributed by atoms with van der Waals surface area (Å²) in [6.45, 7) is 9.47. The van der Waals surface area contributed by atoms with E-state index in [1.807, 2.05) is 6.92 Å². The molecular formula is C9H16N2O. The SMILES string of the molecule is C=CCNC(=O)C(N)CC(=C)C. The van der Waals surface area contributed by atoms with Crippen molar-refractivity contribution in [2.75, 3.05) is 6.54 Å². The molecule has 1 amide bonds. The van der Waals surface area contributed by atoms with Gasteiger partial charge in [-0.1, -0.05) is 11.6 Å². The standard InChI is InChI=1S/C9H16N2O/c1-4-5-11-9(12)8(10)6-7(2)3/h4,8H,1-2,5-6,10H2,3H3,(H,11,12). The minimum absolute atomic E-state index is 0.155. The lowest BCUT2D eigenvalue weighted by molar-refractivity contribution is -0.122. The van der Waals surface area contributed by atoms with Gasteiger partial charge in [0.25, 0.3) is 0 Å². The lowest BCUT2D eigenvalue weighted by atomic mass is 10.1. The van der Waals surface area contributed by atoms with Gasteiger partial charge >= 0.3 is 0 Å². The maximum absolute atomic E-state index is 11.1. The van der Waals surface area contributed by atoms with Crippen LogP contribution in [0.3, 0.4) is 0 Å². The van der Waals surface area contributed by atoms with Crippen LogP contribution in [0.15, 0.2) is 24.8 Å². The molecule has 0 rings (SSSR count). The average Bonchev–Trinajstić information content (AvgIpc) is 1.98. The molecule has 0 fully saturated rings. The van der Waals surface area contributed by atoms with Crippen LogP contribution in [-0.2, 0) is 4.79 Å². The summed E-state index contributed by atoms with van der Waals surface area (Å²) >= 11 is 0. The molecule has 0 saturated heterocycles. The highest BCUT2D eigenvalue weighted by Crippen LogP contribution is 1.98. The molecule has 1 atom stereocenters. The van der Waals surface area contributed by atoms with Crippen molar-refractivity contribution in [2.24, 2.45) is 5.73 Å². The number of rotatable bonds is 5. The summed E-state index contributed by atoms with van der Waals surface area (Å²) in [5, 5.41) is 2.61. The number of hydrogen-bond acceptors (Lipinski definition) is 2. The summed E-state index contributed by atoms with van der Waals surface area (Å²) in [4.78, 5) is 11.1. The zero-order chi connectivity index (χ0) is 9.56. The molecule has 68 valence electrons. The van der Waals surface area contributed by atoms with Gasteiger partial charge in [-0.15, -0.1) is 13.2 Å². The molecule has 0 aromatic rings. The second kappa shape index (κ2) is 5.55. The number of hydrogen-bond donors (Lipinski definition) is 2. The maximum atomic E-state index is 11.1. The van der Waals surface area contributed by atoms with Crippen LogP contribution < -0.4 is 11.1 Å². The van der Waals surface area contributed by atoms with Crippen molar-refractivity contribution in [1.29, 1.82) is 0 Å². The van der Waals surface area contributed by atoms with Gasteiger partial charge < -0.3 is 11.1 Å². The molecule has 1 unspecified atom stereocenters. The van der Waals surface area contributed by atoms with Gasteiger partial charge in [0.05, 0.1) is 6.04 Å². The van der Waals surface area contributed by atoms with Crippen molar-refractivity contribution in [3.8, 4) is 0 Å². The highest BCUT2D eigenvalue weighted by Gasteiger charge is 2.11. The first-order chi connectivity index (χ1) is 5.57. The summed E-state index contributed by atoms with van der Waals surface area (Å²) < 4.78 is 0. The zero-order valence-corrected chi connectivity index (χ0v) is 7.47. The number of carbonyl (C=O) groups is 1. The van der Waals surface area contributed by atoms with Crippen LogP contribution in [0.2, 0.25) is 0 Å². The van der Waals surface area contributed by atoms with Crippen molar-refractivity contribution in [3.63, 3.8) is 0 Å². The third kappa shape index (κ3) is 4.68. The molecule has 3 heteroatoms. The zero-order valence-electron chi connectivity index (χ0n) is 7.47. The van der Waals surface area contributed by atoms with Gasteiger partial charge in [-0.2, -0.15) is 0 Å². The fourth-order valence-corrected chi connectivity index (χ4v) is 0.772. The number of carbonyl (C=O) groups excluding carboxylic acids is 1. The van der Waals surface area contributed by atoms with Crippen LogP contribution in [-0.4, -0.2) is 18.5 Å². The van der Waals surface area contributed by atoms with Gasteiger partial charge in [-0.05, 0) is 13.3 Å². The van der Waals surface area contributed by atoms with Crippen LogP contribution in [0.5, 0.6) is 0 Å². The first kappa shape index (κ1) is 10.9. The average molecular weight is 168 g/mol. The van der Waals surface area contributed by atoms with E-state index in [0.717, 1.165) is 5.57 Å². The van der Waals surface area contributed by atoms with E-state index in [0.29, 0.717) is 13.0 Å². The molecule has 0 aliphatic carbocycles. The highest BCUT2D eigenvalue weighted by atomic mass is 16.2. The molecule has 0 aromatic heterocycles. The predicted molar refractivity (Wildman–Crippen MR) is 50.6 cm³/mol. The first-order valence-corrected chi connectivity index (χ1v) is 3.86. The monoisotopic (exact) mass is 168 g/mol. The van der Waals surface area contributed by atoms with Crippen molar-refractivity contribution in [2.45, 2.75) is 19.4 Å². The van der Waals surface area contributed by atoms with E-state index in [1.54, 1.807) is 6.08 Å². The Hall–Kier alpha value is -1.09. The third-order valence-corrected chi connectivity index (χ3v) is 1.33. The molecule has 0 heterocycles. The van der Waals surface area contributed by atoms with Crippen LogP contribution in [0.1, 0.15) is 13.3 Å². The molecule has 3 nitrogen and oxygen atoms in total. The third-order valence-electron chi connectivity index (χ3n) is 1.33. The molecule has 12 heavy (non-hydrogen) atoms. The number of nitrogens with one attached hydrogen (secondary N) is 1.